The molecule has 3 nitrogen and oxygen atoms in total. The Labute approximate surface area is 119 Å². The molecule has 0 saturated heterocycles. The SMILES string of the molecule is CCOc1ccc2c(ccn2CCC2CCCC2=O)c1. The molecule has 0 aliphatic heterocycles. The van der Waals surface area contributed by atoms with Crippen LogP contribution in [-0.2, 0) is 11.3 Å². The van der Waals surface area contributed by atoms with E-state index in [4.69, 9.17) is 4.74 Å². The van der Waals surface area contributed by atoms with E-state index in [0.29, 0.717) is 12.4 Å². The van der Waals surface area contributed by atoms with Crippen LogP contribution in [0.15, 0.2) is 30.5 Å². The van der Waals surface area contributed by atoms with Crippen molar-refractivity contribution in [3.05, 3.63) is 30.5 Å². The fraction of sp³-hybridized carbons (Fsp3) is 0.471. The molecule has 20 heavy (non-hydrogen) atoms. The van der Waals surface area contributed by atoms with E-state index in [-0.39, 0.29) is 5.92 Å². The molecule has 1 aliphatic rings. The molecule has 0 N–H and O–H groups in total. The predicted molar refractivity (Wildman–Crippen MR) is 80.1 cm³/mol. The summed E-state index contributed by atoms with van der Waals surface area (Å²) in [6, 6.07) is 8.32. The monoisotopic (exact) mass is 271 g/mol. The van der Waals surface area contributed by atoms with Gasteiger partial charge in [-0.15, -0.1) is 0 Å². The zero-order valence-electron chi connectivity index (χ0n) is 12.0. The molecule has 0 radical (unpaired) electrons. The number of Topliss-reactive ketones (excluding diaryl/α,β-unsaturated/α-hetero) is 1. The molecule has 3 heteroatoms. The summed E-state index contributed by atoms with van der Waals surface area (Å²) in [7, 11) is 0. The molecular formula is C17H21NO2. The first kappa shape index (κ1) is 13.2. The van der Waals surface area contributed by atoms with E-state index in [2.05, 4.69) is 29.0 Å². The van der Waals surface area contributed by atoms with E-state index >= 15 is 0 Å². The lowest BCUT2D eigenvalue weighted by Crippen LogP contribution is -2.09. The highest BCUT2D eigenvalue weighted by atomic mass is 16.5. The number of hydrogen-bond donors (Lipinski definition) is 0. The van der Waals surface area contributed by atoms with Gasteiger partial charge in [0.25, 0.3) is 0 Å². The van der Waals surface area contributed by atoms with Crippen LogP contribution < -0.4 is 4.74 Å². The van der Waals surface area contributed by atoms with Crippen molar-refractivity contribution in [1.29, 1.82) is 0 Å². The fourth-order valence-electron chi connectivity index (χ4n) is 3.12. The average Bonchev–Trinajstić information content (AvgIpc) is 3.03. The van der Waals surface area contributed by atoms with Gasteiger partial charge in [-0.25, -0.2) is 0 Å². The molecule has 1 aliphatic carbocycles. The number of carbonyl (C=O) groups excluding carboxylic acids is 1. The van der Waals surface area contributed by atoms with Gasteiger partial charge in [0.15, 0.2) is 0 Å². The summed E-state index contributed by atoms with van der Waals surface area (Å²) in [6.45, 7) is 3.61. The van der Waals surface area contributed by atoms with Gasteiger partial charge in [0, 0.05) is 36.0 Å². The molecule has 0 spiro atoms. The van der Waals surface area contributed by atoms with Crippen molar-refractivity contribution in [3.63, 3.8) is 0 Å². The Morgan fingerprint density at radius 3 is 3.00 bits per heavy atom. The van der Waals surface area contributed by atoms with Gasteiger partial charge in [-0.1, -0.05) is 0 Å². The van der Waals surface area contributed by atoms with E-state index in [9.17, 15) is 4.79 Å². The number of benzene rings is 1. The standard InChI is InChI=1S/C17H21NO2/c1-2-20-15-6-7-16-14(12-15)9-11-18(16)10-8-13-4-3-5-17(13)19/h6-7,9,11-13H,2-5,8,10H2,1H3. The first-order chi connectivity index (χ1) is 9.78. The smallest absolute Gasteiger partial charge is 0.136 e. The number of fused-ring (bicyclic) bond motifs is 1. The Balaban J connectivity index is 1.73. The van der Waals surface area contributed by atoms with Crippen LogP contribution in [-0.4, -0.2) is 17.0 Å². The number of ketones is 1. The van der Waals surface area contributed by atoms with Gasteiger partial charge < -0.3 is 9.30 Å². The van der Waals surface area contributed by atoms with E-state index in [1.807, 2.05) is 13.0 Å². The second-order valence-electron chi connectivity index (χ2n) is 5.51. The molecule has 3 rings (SSSR count). The molecule has 1 saturated carbocycles. The lowest BCUT2D eigenvalue weighted by molar-refractivity contribution is -0.120. The zero-order chi connectivity index (χ0) is 13.9. The normalized spacial score (nSPS) is 18.9. The number of nitrogens with zero attached hydrogens (tertiary/aromatic N) is 1. The highest BCUT2D eigenvalue weighted by Crippen LogP contribution is 2.27. The first-order valence-electron chi connectivity index (χ1n) is 7.52. The van der Waals surface area contributed by atoms with E-state index < -0.39 is 0 Å². The third-order valence-corrected chi connectivity index (χ3v) is 4.20. The molecule has 1 unspecified atom stereocenters. The molecule has 1 atom stereocenters. The zero-order valence-corrected chi connectivity index (χ0v) is 12.0. The molecule has 1 aromatic carbocycles. The van der Waals surface area contributed by atoms with Gasteiger partial charge in [0.2, 0.25) is 0 Å². The van der Waals surface area contributed by atoms with Crippen molar-refractivity contribution < 1.29 is 9.53 Å². The predicted octanol–water partition coefficient (Wildman–Crippen LogP) is 3.80. The number of aryl methyl sites for hydroxylation is 1. The molecule has 1 fully saturated rings. The Morgan fingerprint density at radius 1 is 1.35 bits per heavy atom. The largest absolute Gasteiger partial charge is 0.494 e. The van der Waals surface area contributed by atoms with Crippen LogP contribution in [0.1, 0.15) is 32.6 Å². The Morgan fingerprint density at radius 2 is 2.25 bits per heavy atom. The number of hydrogen-bond acceptors (Lipinski definition) is 2. The Bertz CT molecular complexity index is 614. The maximum atomic E-state index is 11.7. The molecular weight excluding hydrogens is 250 g/mol. The maximum Gasteiger partial charge on any atom is 0.136 e. The van der Waals surface area contributed by atoms with Crippen molar-refractivity contribution in [2.75, 3.05) is 6.61 Å². The topological polar surface area (TPSA) is 31.2 Å². The van der Waals surface area contributed by atoms with Crippen LogP contribution in [0.25, 0.3) is 10.9 Å². The van der Waals surface area contributed by atoms with Gasteiger partial charge in [0.05, 0.1) is 6.61 Å². The summed E-state index contributed by atoms with van der Waals surface area (Å²) in [5, 5.41) is 1.20. The van der Waals surface area contributed by atoms with Gasteiger partial charge in [-0.05, 0) is 50.5 Å². The van der Waals surface area contributed by atoms with Crippen molar-refractivity contribution in [2.45, 2.75) is 39.2 Å². The third kappa shape index (κ3) is 2.58. The fourth-order valence-corrected chi connectivity index (χ4v) is 3.12. The van der Waals surface area contributed by atoms with Crippen LogP contribution in [0.5, 0.6) is 5.75 Å². The van der Waals surface area contributed by atoms with Crippen molar-refractivity contribution in [2.24, 2.45) is 5.92 Å². The molecule has 1 heterocycles. The van der Waals surface area contributed by atoms with E-state index in [1.54, 1.807) is 0 Å². The first-order valence-corrected chi connectivity index (χ1v) is 7.52. The number of rotatable bonds is 5. The van der Waals surface area contributed by atoms with Crippen molar-refractivity contribution in [3.8, 4) is 5.75 Å². The summed E-state index contributed by atoms with van der Waals surface area (Å²) >= 11 is 0. The highest BCUT2D eigenvalue weighted by molar-refractivity contribution is 5.83. The van der Waals surface area contributed by atoms with Crippen molar-refractivity contribution >= 4 is 16.7 Å². The number of aromatic nitrogens is 1. The third-order valence-electron chi connectivity index (χ3n) is 4.20. The highest BCUT2D eigenvalue weighted by Gasteiger charge is 2.23. The van der Waals surface area contributed by atoms with Gasteiger partial charge in [-0.2, -0.15) is 0 Å². The summed E-state index contributed by atoms with van der Waals surface area (Å²) < 4.78 is 7.77. The van der Waals surface area contributed by atoms with Crippen molar-refractivity contribution in [1.82, 2.24) is 4.57 Å². The second kappa shape index (κ2) is 5.70. The quantitative estimate of drug-likeness (QED) is 0.828. The second-order valence-corrected chi connectivity index (χ2v) is 5.51. The van der Waals surface area contributed by atoms with Crippen LogP contribution in [0.2, 0.25) is 0 Å². The Kier molecular flexibility index (Phi) is 3.77. The average molecular weight is 271 g/mol. The lowest BCUT2D eigenvalue weighted by atomic mass is 10.0. The maximum absolute atomic E-state index is 11.7. The summed E-state index contributed by atoms with van der Waals surface area (Å²) in [6.07, 6.45) is 6.02. The van der Waals surface area contributed by atoms with Crippen LogP contribution >= 0.6 is 0 Å². The molecule has 1 aromatic heterocycles. The molecule has 0 bridgehead atoms. The van der Waals surface area contributed by atoms with Gasteiger partial charge in [0.1, 0.15) is 11.5 Å². The Hall–Kier alpha value is -1.77. The number of ether oxygens (including phenoxy) is 1. The van der Waals surface area contributed by atoms with Crippen LogP contribution in [0.4, 0.5) is 0 Å². The van der Waals surface area contributed by atoms with Gasteiger partial charge in [-0.3, -0.25) is 4.79 Å². The van der Waals surface area contributed by atoms with Crippen LogP contribution in [0, 0.1) is 5.92 Å². The molecule has 106 valence electrons. The number of carbonyl (C=O) groups is 1. The molecule has 0 amide bonds. The summed E-state index contributed by atoms with van der Waals surface area (Å²) in [5.41, 5.74) is 1.22. The van der Waals surface area contributed by atoms with Gasteiger partial charge >= 0.3 is 0 Å². The summed E-state index contributed by atoms with van der Waals surface area (Å²) in [4.78, 5) is 11.7. The van der Waals surface area contributed by atoms with E-state index in [1.165, 1.54) is 10.9 Å². The molecule has 2 aromatic rings. The van der Waals surface area contributed by atoms with Crippen LogP contribution in [0.3, 0.4) is 0 Å². The minimum atomic E-state index is 0.287. The van der Waals surface area contributed by atoms with E-state index in [0.717, 1.165) is 38.0 Å². The lowest BCUT2D eigenvalue weighted by Gasteiger charge is -2.10. The minimum absolute atomic E-state index is 0.287. The summed E-state index contributed by atoms with van der Waals surface area (Å²) in [5.74, 6) is 1.67. The minimum Gasteiger partial charge on any atom is -0.494 e.